The van der Waals surface area contributed by atoms with Crippen molar-refractivity contribution in [3.63, 3.8) is 0 Å². The van der Waals surface area contributed by atoms with Gasteiger partial charge in [-0.05, 0) is 35.5 Å². The summed E-state index contributed by atoms with van der Waals surface area (Å²) in [4.78, 5) is 13.1. The molecular weight excluding hydrogens is 356 g/mol. The molecule has 0 atom stereocenters. The molecule has 24 heavy (non-hydrogen) atoms. The molecule has 0 fully saturated rings. The first-order valence-corrected chi connectivity index (χ1v) is 7.55. The van der Waals surface area contributed by atoms with Crippen molar-refractivity contribution in [1.29, 1.82) is 0 Å². The second-order valence-electron chi connectivity index (χ2n) is 4.83. The number of tetrazole rings is 1. The van der Waals surface area contributed by atoms with Gasteiger partial charge in [0.05, 0.1) is 5.69 Å². The van der Waals surface area contributed by atoms with Crippen LogP contribution in [0.5, 0.6) is 0 Å². The molecule has 0 radical (unpaired) electrons. The van der Waals surface area contributed by atoms with Gasteiger partial charge in [0.2, 0.25) is 11.7 Å². The highest BCUT2D eigenvalue weighted by atomic mass is 35.5. The highest BCUT2D eigenvalue weighted by Crippen LogP contribution is 2.20. The summed E-state index contributed by atoms with van der Waals surface area (Å²) in [5, 5.41) is 15.0. The first-order valence-electron chi connectivity index (χ1n) is 6.80. The highest BCUT2D eigenvalue weighted by molar-refractivity contribution is 6.31. The molecule has 0 bridgehead atoms. The number of aromatic nitrogens is 4. The Morgan fingerprint density at radius 3 is 2.75 bits per heavy atom. The van der Waals surface area contributed by atoms with Gasteiger partial charge in [-0.25, -0.2) is 4.39 Å². The fraction of sp³-hybridized carbons (Fsp3) is 0.0667. The van der Waals surface area contributed by atoms with Crippen LogP contribution in [0.25, 0.3) is 11.4 Å². The fourth-order valence-electron chi connectivity index (χ4n) is 1.96. The third-order valence-corrected chi connectivity index (χ3v) is 3.49. The number of hydrogen-bond donors (Lipinski definition) is 1. The lowest BCUT2D eigenvalue weighted by Gasteiger charge is -2.06. The van der Waals surface area contributed by atoms with Gasteiger partial charge < -0.3 is 5.32 Å². The largest absolute Gasteiger partial charge is 0.322 e. The number of anilines is 1. The molecule has 6 nitrogen and oxygen atoms in total. The normalized spacial score (nSPS) is 10.6. The third-order valence-electron chi connectivity index (χ3n) is 3.02. The summed E-state index contributed by atoms with van der Waals surface area (Å²) < 4.78 is 13.6. The number of carbonyl (C=O) groups is 1. The Bertz CT molecular complexity index is 899. The lowest BCUT2D eigenvalue weighted by molar-refractivity contribution is -0.117. The highest BCUT2D eigenvalue weighted by Gasteiger charge is 2.12. The number of benzene rings is 2. The van der Waals surface area contributed by atoms with Gasteiger partial charge in [-0.1, -0.05) is 35.3 Å². The fourth-order valence-corrected chi connectivity index (χ4v) is 2.33. The lowest BCUT2D eigenvalue weighted by Crippen LogP contribution is -2.21. The van der Waals surface area contributed by atoms with Gasteiger partial charge in [0, 0.05) is 15.6 Å². The van der Waals surface area contributed by atoms with Crippen molar-refractivity contribution in [2.24, 2.45) is 0 Å². The van der Waals surface area contributed by atoms with Crippen molar-refractivity contribution in [2.45, 2.75) is 6.54 Å². The first kappa shape index (κ1) is 16.4. The molecule has 1 amide bonds. The minimum atomic E-state index is -0.584. The number of hydrogen-bond acceptors (Lipinski definition) is 4. The quantitative estimate of drug-likeness (QED) is 0.768. The smallest absolute Gasteiger partial charge is 0.248 e. The van der Waals surface area contributed by atoms with E-state index in [-0.39, 0.29) is 12.2 Å². The van der Waals surface area contributed by atoms with Crippen LogP contribution in [0.2, 0.25) is 10.0 Å². The van der Waals surface area contributed by atoms with Crippen LogP contribution in [-0.4, -0.2) is 26.1 Å². The average Bonchev–Trinajstić information content (AvgIpc) is 2.99. The maximum Gasteiger partial charge on any atom is 0.248 e. The van der Waals surface area contributed by atoms with E-state index in [1.165, 1.54) is 18.2 Å². The molecule has 0 spiro atoms. The zero-order valence-corrected chi connectivity index (χ0v) is 13.6. The Labute approximate surface area is 146 Å². The topological polar surface area (TPSA) is 72.7 Å². The summed E-state index contributed by atoms with van der Waals surface area (Å²) >= 11 is 11.7. The molecule has 1 heterocycles. The predicted molar refractivity (Wildman–Crippen MR) is 88.3 cm³/mol. The Kier molecular flexibility index (Phi) is 4.73. The van der Waals surface area contributed by atoms with Gasteiger partial charge >= 0.3 is 0 Å². The molecule has 0 aliphatic carbocycles. The average molecular weight is 366 g/mol. The van der Waals surface area contributed by atoms with E-state index in [1.807, 2.05) is 0 Å². The summed E-state index contributed by atoms with van der Waals surface area (Å²) in [6.07, 6.45) is 0. The predicted octanol–water partition coefficient (Wildman–Crippen LogP) is 3.42. The van der Waals surface area contributed by atoms with Crippen LogP contribution in [0.1, 0.15) is 0 Å². The van der Waals surface area contributed by atoms with Crippen LogP contribution >= 0.6 is 23.2 Å². The SMILES string of the molecule is O=C(Cn1nnc(-c2cccc(Cl)c2)n1)Nc1cc(Cl)ccc1F. The van der Waals surface area contributed by atoms with E-state index in [2.05, 4.69) is 20.7 Å². The minimum absolute atomic E-state index is 0.0114. The van der Waals surface area contributed by atoms with Gasteiger partial charge in [-0.2, -0.15) is 4.80 Å². The molecule has 122 valence electrons. The van der Waals surface area contributed by atoms with E-state index in [0.717, 1.165) is 4.80 Å². The van der Waals surface area contributed by atoms with Gasteiger partial charge in [0.25, 0.3) is 0 Å². The van der Waals surface area contributed by atoms with Crippen molar-refractivity contribution in [3.8, 4) is 11.4 Å². The number of nitrogens with zero attached hydrogens (tertiary/aromatic N) is 4. The Morgan fingerprint density at radius 1 is 1.17 bits per heavy atom. The van der Waals surface area contributed by atoms with Crippen LogP contribution in [-0.2, 0) is 11.3 Å². The molecule has 1 aromatic heterocycles. The number of rotatable bonds is 4. The molecule has 1 N–H and O–H groups in total. The van der Waals surface area contributed by atoms with Crippen molar-refractivity contribution in [1.82, 2.24) is 20.2 Å². The second kappa shape index (κ2) is 6.94. The number of halogens is 3. The van der Waals surface area contributed by atoms with E-state index in [0.29, 0.717) is 21.4 Å². The van der Waals surface area contributed by atoms with E-state index in [9.17, 15) is 9.18 Å². The van der Waals surface area contributed by atoms with Gasteiger partial charge in [0.1, 0.15) is 12.4 Å². The number of amides is 1. The molecule has 0 aliphatic heterocycles. The Balaban J connectivity index is 1.70. The number of carbonyl (C=O) groups excluding carboxylic acids is 1. The first-order chi connectivity index (χ1) is 11.5. The molecule has 0 aliphatic rings. The zero-order valence-electron chi connectivity index (χ0n) is 12.1. The third kappa shape index (κ3) is 3.87. The molecule has 0 unspecified atom stereocenters. The van der Waals surface area contributed by atoms with Crippen LogP contribution < -0.4 is 5.32 Å². The van der Waals surface area contributed by atoms with Crippen LogP contribution in [0.15, 0.2) is 42.5 Å². The van der Waals surface area contributed by atoms with Crippen LogP contribution in [0.3, 0.4) is 0 Å². The Hall–Kier alpha value is -2.51. The van der Waals surface area contributed by atoms with Gasteiger partial charge in [0.15, 0.2) is 0 Å². The van der Waals surface area contributed by atoms with E-state index in [1.54, 1.807) is 24.3 Å². The number of nitrogens with one attached hydrogen (secondary N) is 1. The second-order valence-corrected chi connectivity index (χ2v) is 5.70. The molecule has 3 aromatic rings. The molecule has 2 aromatic carbocycles. The monoisotopic (exact) mass is 365 g/mol. The van der Waals surface area contributed by atoms with Crippen molar-refractivity contribution in [2.75, 3.05) is 5.32 Å². The maximum absolute atomic E-state index is 13.6. The standard InChI is InChI=1S/C15H10Cl2FN5O/c16-10-3-1-2-9(6-10)15-20-22-23(21-15)8-14(24)19-13-7-11(17)4-5-12(13)18/h1-7H,8H2,(H,19,24). The van der Waals surface area contributed by atoms with Gasteiger partial charge in [-0.15, -0.1) is 10.2 Å². The minimum Gasteiger partial charge on any atom is -0.322 e. The Morgan fingerprint density at radius 2 is 1.96 bits per heavy atom. The van der Waals surface area contributed by atoms with E-state index in [4.69, 9.17) is 23.2 Å². The summed E-state index contributed by atoms with van der Waals surface area (Å²) in [5.41, 5.74) is 0.665. The lowest BCUT2D eigenvalue weighted by atomic mass is 10.2. The summed E-state index contributed by atoms with van der Waals surface area (Å²) in [6, 6.07) is 10.8. The molecule has 3 rings (SSSR count). The van der Waals surface area contributed by atoms with Crippen molar-refractivity contribution < 1.29 is 9.18 Å². The molecule has 9 heteroatoms. The van der Waals surface area contributed by atoms with E-state index < -0.39 is 11.7 Å². The van der Waals surface area contributed by atoms with Crippen LogP contribution in [0.4, 0.5) is 10.1 Å². The van der Waals surface area contributed by atoms with Crippen molar-refractivity contribution >= 4 is 34.8 Å². The van der Waals surface area contributed by atoms with Gasteiger partial charge in [-0.3, -0.25) is 4.79 Å². The summed E-state index contributed by atoms with van der Waals surface area (Å²) in [5.74, 6) is -0.760. The molecular formula is C15H10Cl2FN5O. The van der Waals surface area contributed by atoms with E-state index >= 15 is 0 Å². The summed E-state index contributed by atoms with van der Waals surface area (Å²) in [7, 11) is 0. The molecule has 0 saturated carbocycles. The summed E-state index contributed by atoms with van der Waals surface area (Å²) in [6.45, 7) is -0.223. The molecule has 0 saturated heterocycles. The maximum atomic E-state index is 13.6. The van der Waals surface area contributed by atoms with Crippen LogP contribution in [0, 0.1) is 5.82 Å². The van der Waals surface area contributed by atoms with Crippen molar-refractivity contribution in [3.05, 3.63) is 58.3 Å². The zero-order chi connectivity index (χ0) is 17.1.